The summed E-state index contributed by atoms with van der Waals surface area (Å²) in [7, 11) is 0. The number of benzene rings is 2. The van der Waals surface area contributed by atoms with Gasteiger partial charge >= 0.3 is 0 Å². The van der Waals surface area contributed by atoms with E-state index in [1.807, 2.05) is 24.3 Å². The molecule has 6 heteroatoms. The lowest BCUT2D eigenvalue weighted by molar-refractivity contribution is 0.541. The van der Waals surface area contributed by atoms with Gasteiger partial charge < -0.3 is 5.32 Å². The van der Waals surface area contributed by atoms with Crippen LogP contribution in [0.25, 0.3) is 0 Å². The maximum atomic E-state index is 6.11. The van der Waals surface area contributed by atoms with Gasteiger partial charge in [0.15, 0.2) is 10.3 Å². The van der Waals surface area contributed by atoms with Gasteiger partial charge in [0, 0.05) is 35.5 Å². The van der Waals surface area contributed by atoms with Gasteiger partial charge in [0.25, 0.3) is 0 Å². The third-order valence-electron chi connectivity index (χ3n) is 5.72. The Morgan fingerprint density at radius 1 is 1.09 bits per heavy atom. The molecule has 1 N–H and O–H groups in total. The van der Waals surface area contributed by atoms with E-state index in [0.717, 1.165) is 29.7 Å². The molecule has 2 aromatic carbocycles. The zero-order valence-corrected chi connectivity index (χ0v) is 21.3. The Hall–Kier alpha value is -1.56. The minimum atomic E-state index is 0.451. The number of thiocarbonyl (C=S) groups is 1. The van der Waals surface area contributed by atoms with Crippen molar-refractivity contribution in [1.29, 1.82) is 0 Å². The first-order chi connectivity index (χ1) is 15.7. The average Bonchev–Trinajstić information content (AvgIpc) is 3.27. The first-order valence-electron chi connectivity index (χ1n) is 11.7. The van der Waals surface area contributed by atoms with E-state index in [1.165, 1.54) is 50.5 Å². The molecule has 1 heterocycles. The summed E-state index contributed by atoms with van der Waals surface area (Å²) in [5, 5.41) is 5.71. The van der Waals surface area contributed by atoms with Crippen LogP contribution in [-0.2, 0) is 0 Å². The summed E-state index contributed by atoms with van der Waals surface area (Å²) in [6, 6.07) is 18.5. The molecule has 0 radical (unpaired) electrons. The topological polar surface area (TPSA) is 27.6 Å². The lowest BCUT2D eigenvalue weighted by Crippen LogP contribution is -2.35. The first kappa shape index (κ1) is 25.1. The Bertz CT molecular complexity index is 872. The van der Waals surface area contributed by atoms with E-state index < -0.39 is 0 Å². The van der Waals surface area contributed by atoms with E-state index >= 15 is 0 Å². The van der Waals surface area contributed by atoms with Crippen LogP contribution in [-0.4, -0.2) is 34.0 Å². The highest BCUT2D eigenvalue weighted by Gasteiger charge is 2.24. The fourth-order valence-corrected chi connectivity index (χ4v) is 5.43. The number of amidine groups is 1. The highest BCUT2D eigenvalue weighted by atomic mass is 35.5. The van der Waals surface area contributed by atoms with Gasteiger partial charge in [-0.05, 0) is 42.4 Å². The number of nitrogens with one attached hydrogen (secondary N) is 1. The Labute approximate surface area is 208 Å². The molecular weight excluding hydrogens is 454 g/mol. The van der Waals surface area contributed by atoms with Crippen LogP contribution in [0.1, 0.15) is 63.4 Å². The van der Waals surface area contributed by atoms with Crippen molar-refractivity contribution in [3.63, 3.8) is 0 Å². The predicted molar refractivity (Wildman–Crippen MR) is 146 cm³/mol. The lowest BCUT2D eigenvalue weighted by atomic mass is 9.93. The lowest BCUT2D eigenvalue weighted by Gasteiger charge is -2.21. The summed E-state index contributed by atoms with van der Waals surface area (Å²) in [6.45, 7) is 3.95. The largest absolute Gasteiger partial charge is 0.332 e. The highest BCUT2D eigenvalue weighted by molar-refractivity contribution is 8.14. The summed E-state index contributed by atoms with van der Waals surface area (Å²) in [5.74, 6) is 1.45. The van der Waals surface area contributed by atoms with Crippen molar-refractivity contribution < 1.29 is 0 Å². The second-order valence-electron chi connectivity index (χ2n) is 8.23. The van der Waals surface area contributed by atoms with Crippen LogP contribution in [0.3, 0.4) is 0 Å². The molecule has 1 aliphatic heterocycles. The second-order valence-corrected chi connectivity index (χ2v) is 10.1. The fraction of sp³-hybridized carbons (Fsp3) is 0.462. The molecule has 172 valence electrons. The van der Waals surface area contributed by atoms with E-state index in [4.69, 9.17) is 28.8 Å². The Morgan fingerprint density at radius 3 is 2.66 bits per heavy atom. The summed E-state index contributed by atoms with van der Waals surface area (Å²) >= 11 is 13.6. The van der Waals surface area contributed by atoms with E-state index in [0.29, 0.717) is 16.1 Å². The Kier molecular flexibility index (Phi) is 10.9. The zero-order valence-electron chi connectivity index (χ0n) is 18.9. The number of rotatable bonds is 11. The number of halogens is 1. The van der Waals surface area contributed by atoms with E-state index in [2.05, 4.69) is 47.5 Å². The normalized spacial score (nSPS) is 15.8. The zero-order chi connectivity index (χ0) is 22.6. The maximum absolute atomic E-state index is 6.11. The molecule has 0 aromatic heterocycles. The molecule has 0 saturated carbocycles. The van der Waals surface area contributed by atoms with Gasteiger partial charge in [-0.2, -0.15) is 0 Å². The van der Waals surface area contributed by atoms with Crippen LogP contribution >= 0.6 is 35.6 Å². The van der Waals surface area contributed by atoms with Crippen LogP contribution in [0, 0.1) is 0 Å². The molecule has 1 unspecified atom stereocenters. The molecule has 0 bridgehead atoms. The molecule has 0 aliphatic carbocycles. The molecule has 1 aliphatic rings. The summed E-state index contributed by atoms with van der Waals surface area (Å²) in [4.78, 5) is 7.16. The molecule has 32 heavy (non-hydrogen) atoms. The van der Waals surface area contributed by atoms with Crippen LogP contribution in [0.2, 0.25) is 5.02 Å². The molecule has 3 rings (SSSR count). The van der Waals surface area contributed by atoms with Crippen molar-refractivity contribution >= 4 is 51.5 Å². The van der Waals surface area contributed by atoms with Gasteiger partial charge in [0.05, 0.1) is 0 Å². The second kappa shape index (κ2) is 13.9. The van der Waals surface area contributed by atoms with Crippen molar-refractivity contribution in [2.75, 3.05) is 24.2 Å². The van der Waals surface area contributed by atoms with Crippen molar-refractivity contribution in [3.8, 4) is 0 Å². The molecule has 3 nitrogen and oxygen atoms in total. The van der Waals surface area contributed by atoms with E-state index in [1.54, 1.807) is 11.8 Å². The number of aliphatic imine (C=N–C) groups is 1. The number of anilines is 1. The quantitative estimate of drug-likeness (QED) is 0.257. The molecule has 2 aromatic rings. The first-order valence-corrected chi connectivity index (χ1v) is 13.5. The molecular formula is C26H34ClN3S2. The van der Waals surface area contributed by atoms with Crippen LogP contribution < -0.4 is 5.32 Å². The van der Waals surface area contributed by atoms with Crippen molar-refractivity contribution in [3.05, 3.63) is 65.2 Å². The fourth-order valence-electron chi connectivity index (χ4n) is 3.93. The Balaban J connectivity index is 1.60. The van der Waals surface area contributed by atoms with E-state index in [-0.39, 0.29) is 0 Å². The SMILES string of the molecule is CCCCCCCCC(C/N=C1/SCCN1C(=S)Nc1cccc(Cl)c1)c1ccccc1. The molecule has 1 saturated heterocycles. The van der Waals surface area contributed by atoms with Crippen LogP contribution in [0.4, 0.5) is 5.69 Å². The monoisotopic (exact) mass is 487 g/mol. The summed E-state index contributed by atoms with van der Waals surface area (Å²) in [6.07, 6.45) is 9.11. The minimum Gasteiger partial charge on any atom is -0.332 e. The van der Waals surface area contributed by atoms with Crippen LogP contribution in [0.15, 0.2) is 59.6 Å². The Morgan fingerprint density at radius 2 is 1.88 bits per heavy atom. The van der Waals surface area contributed by atoms with Crippen molar-refractivity contribution in [2.24, 2.45) is 4.99 Å². The van der Waals surface area contributed by atoms with Crippen molar-refractivity contribution in [2.45, 2.75) is 57.8 Å². The molecule has 0 amide bonds. The van der Waals surface area contributed by atoms with Crippen molar-refractivity contribution in [1.82, 2.24) is 4.90 Å². The molecule has 0 spiro atoms. The summed E-state index contributed by atoms with van der Waals surface area (Å²) in [5.41, 5.74) is 2.29. The third-order valence-corrected chi connectivity index (χ3v) is 7.27. The maximum Gasteiger partial charge on any atom is 0.179 e. The van der Waals surface area contributed by atoms with Crippen LogP contribution in [0.5, 0.6) is 0 Å². The van der Waals surface area contributed by atoms with Gasteiger partial charge in [0.2, 0.25) is 0 Å². The third kappa shape index (κ3) is 8.09. The highest BCUT2D eigenvalue weighted by Crippen LogP contribution is 2.26. The number of unbranched alkanes of at least 4 members (excludes halogenated alkanes) is 5. The molecule has 1 atom stereocenters. The minimum absolute atomic E-state index is 0.451. The van der Waals surface area contributed by atoms with Gasteiger partial charge in [-0.25, -0.2) is 0 Å². The average molecular weight is 488 g/mol. The van der Waals surface area contributed by atoms with Gasteiger partial charge in [-0.3, -0.25) is 9.89 Å². The smallest absolute Gasteiger partial charge is 0.179 e. The van der Waals surface area contributed by atoms with E-state index in [9.17, 15) is 0 Å². The number of hydrogen-bond acceptors (Lipinski definition) is 3. The number of hydrogen-bond donors (Lipinski definition) is 1. The van der Waals surface area contributed by atoms with Gasteiger partial charge in [-0.1, -0.05) is 105 Å². The van der Waals surface area contributed by atoms with Gasteiger partial charge in [-0.15, -0.1) is 0 Å². The number of thioether (sulfide) groups is 1. The standard InChI is InChI=1S/C26H34ClN3S2/c1-2-3-4-5-6-8-14-22(21-12-9-7-10-13-21)20-28-26-30(17-18-32-26)25(31)29-24-16-11-15-23(27)19-24/h7,9-13,15-16,19,22H,2-6,8,14,17-18,20H2,1H3,(H,29,31)/b28-26+. The summed E-state index contributed by atoms with van der Waals surface area (Å²) < 4.78 is 0. The van der Waals surface area contributed by atoms with Gasteiger partial charge in [0.1, 0.15) is 0 Å². The number of nitrogens with zero attached hydrogens (tertiary/aromatic N) is 2. The predicted octanol–water partition coefficient (Wildman–Crippen LogP) is 7.98. The molecule has 1 fully saturated rings.